The fourth-order valence-electron chi connectivity index (χ4n) is 1.76. The van der Waals surface area contributed by atoms with Crippen molar-refractivity contribution in [3.05, 3.63) is 29.3 Å². The predicted octanol–water partition coefficient (Wildman–Crippen LogP) is 1.38. The highest BCUT2D eigenvalue weighted by molar-refractivity contribution is 5.36. The topological polar surface area (TPSA) is 53.7 Å². The molecule has 0 amide bonds. The molecule has 0 aromatic heterocycles. The molecule has 2 N–H and O–H groups in total. The minimum atomic E-state index is -0.301. The highest BCUT2D eigenvalue weighted by Crippen LogP contribution is 2.27. The standard InChI is InChI=1S/C12H17NO3/c1-8-5-9(3-4-11(8)14-2)12-15-6-10(13)7-16-12/h3-5,10,12H,6-7,13H2,1-2H3. The van der Waals surface area contributed by atoms with Crippen LogP contribution in [0.1, 0.15) is 17.4 Å². The lowest BCUT2D eigenvalue weighted by Gasteiger charge is -2.27. The minimum absolute atomic E-state index is 0.0180. The van der Waals surface area contributed by atoms with Gasteiger partial charge in [-0.2, -0.15) is 0 Å². The van der Waals surface area contributed by atoms with Gasteiger partial charge in [-0.25, -0.2) is 0 Å². The maximum atomic E-state index is 5.68. The second-order valence-electron chi connectivity index (χ2n) is 3.99. The van der Waals surface area contributed by atoms with Gasteiger partial charge < -0.3 is 19.9 Å². The molecule has 2 rings (SSSR count). The van der Waals surface area contributed by atoms with Crippen molar-refractivity contribution in [2.45, 2.75) is 19.3 Å². The molecule has 1 aromatic rings. The molecule has 1 aromatic carbocycles. The predicted molar refractivity (Wildman–Crippen MR) is 60.4 cm³/mol. The van der Waals surface area contributed by atoms with Gasteiger partial charge in [-0.15, -0.1) is 0 Å². The summed E-state index contributed by atoms with van der Waals surface area (Å²) < 4.78 is 16.2. The van der Waals surface area contributed by atoms with E-state index in [2.05, 4.69) is 0 Å². The Morgan fingerprint density at radius 2 is 2.00 bits per heavy atom. The summed E-state index contributed by atoms with van der Waals surface area (Å²) >= 11 is 0. The minimum Gasteiger partial charge on any atom is -0.496 e. The Hall–Kier alpha value is -1.10. The van der Waals surface area contributed by atoms with Crippen LogP contribution in [0.3, 0.4) is 0 Å². The molecule has 0 atom stereocenters. The van der Waals surface area contributed by atoms with Crippen LogP contribution >= 0.6 is 0 Å². The Balaban J connectivity index is 2.12. The molecule has 0 saturated carbocycles. The number of benzene rings is 1. The summed E-state index contributed by atoms with van der Waals surface area (Å²) in [5.74, 6) is 0.872. The van der Waals surface area contributed by atoms with E-state index in [1.807, 2.05) is 25.1 Å². The van der Waals surface area contributed by atoms with E-state index in [9.17, 15) is 0 Å². The third-order valence-electron chi connectivity index (χ3n) is 2.61. The number of hydrogen-bond acceptors (Lipinski definition) is 4. The van der Waals surface area contributed by atoms with Crippen molar-refractivity contribution in [1.29, 1.82) is 0 Å². The highest BCUT2D eigenvalue weighted by Gasteiger charge is 2.21. The maximum Gasteiger partial charge on any atom is 0.183 e. The summed E-state index contributed by atoms with van der Waals surface area (Å²) in [4.78, 5) is 0. The van der Waals surface area contributed by atoms with Gasteiger partial charge in [0.05, 0.1) is 26.4 Å². The van der Waals surface area contributed by atoms with Gasteiger partial charge in [0.1, 0.15) is 5.75 Å². The van der Waals surface area contributed by atoms with E-state index in [0.717, 1.165) is 16.9 Å². The van der Waals surface area contributed by atoms with Gasteiger partial charge in [-0.3, -0.25) is 0 Å². The van der Waals surface area contributed by atoms with E-state index in [1.165, 1.54) is 0 Å². The van der Waals surface area contributed by atoms with Gasteiger partial charge in [-0.05, 0) is 24.6 Å². The van der Waals surface area contributed by atoms with Crippen LogP contribution in [0.25, 0.3) is 0 Å². The van der Waals surface area contributed by atoms with Crippen molar-refractivity contribution < 1.29 is 14.2 Å². The van der Waals surface area contributed by atoms with E-state index in [1.54, 1.807) is 7.11 Å². The first-order chi connectivity index (χ1) is 7.70. The van der Waals surface area contributed by atoms with Gasteiger partial charge in [-0.1, -0.05) is 6.07 Å². The third kappa shape index (κ3) is 2.35. The van der Waals surface area contributed by atoms with Gasteiger partial charge in [0.2, 0.25) is 0 Å². The van der Waals surface area contributed by atoms with Crippen LogP contribution in [0.4, 0.5) is 0 Å². The monoisotopic (exact) mass is 223 g/mol. The van der Waals surface area contributed by atoms with Crippen LogP contribution in [0.2, 0.25) is 0 Å². The molecule has 0 bridgehead atoms. The van der Waals surface area contributed by atoms with Gasteiger partial charge in [0.15, 0.2) is 6.29 Å². The van der Waals surface area contributed by atoms with Crippen molar-refractivity contribution in [2.75, 3.05) is 20.3 Å². The summed E-state index contributed by atoms with van der Waals surface area (Å²) in [6.45, 7) is 3.07. The molecule has 0 aliphatic carbocycles. The Labute approximate surface area is 95.3 Å². The molecule has 1 saturated heterocycles. The van der Waals surface area contributed by atoms with Gasteiger partial charge >= 0.3 is 0 Å². The van der Waals surface area contributed by atoms with E-state index < -0.39 is 0 Å². The molecule has 4 nitrogen and oxygen atoms in total. The Bertz CT molecular complexity index is 359. The van der Waals surface area contributed by atoms with Gasteiger partial charge in [0, 0.05) is 5.56 Å². The normalized spacial score (nSPS) is 25.4. The van der Waals surface area contributed by atoms with E-state index in [4.69, 9.17) is 19.9 Å². The molecule has 0 radical (unpaired) electrons. The van der Waals surface area contributed by atoms with Crippen molar-refractivity contribution >= 4 is 0 Å². The van der Waals surface area contributed by atoms with Crippen molar-refractivity contribution in [1.82, 2.24) is 0 Å². The summed E-state index contributed by atoms with van der Waals surface area (Å²) in [5, 5.41) is 0. The number of hydrogen-bond donors (Lipinski definition) is 1. The number of aryl methyl sites for hydroxylation is 1. The molecular formula is C12H17NO3. The van der Waals surface area contributed by atoms with Crippen LogP contribution in [-0.4, -0.2) is 26.4 Å². The number of nitrogens with two attached hydrogens (primary N) is 1. The first-order valence-electron chi connectivity index (χ1n) is 5.34. The van der Waals surface area contributed by atoms with Crippen LogP contribution < -0.4 is 10.5 Å². The zero-order valence-corrected chi connectivity index (χ0v) is 9.60. The molecule has 0 spiro atoms. The SMILES string of the molecule is COc1ccc(C2OCC(N)CO2)cc1C. The van der Waals surface area contributed by atoms with Crippen LogP contribution in [-0.2, 0) is 9.47 Å². The molecule has 88 valence electrons. The van der Waals surface area contributed by atoms with E-state index in [0.29, 0.717) is 13.2 Å². The van der Waals surface area contributed by atoms with Gasteiger partial charge in [0.25, 0.3) is 0 Å². The smallest absolute Gasteiger partial charge is 0.183 e. The summed E-state index contributed by atoms with van der Waals surface area (Å²) in [6.07, 6.45) is -0.301. The Kier molecular flexibility index (Phi) is 3.43. The maximum absolute atomic E-state index is 5.68. The number of methoxy groups -OCH3 is 1. The second-order valence-corrected chi connectivity index (χ2v) is 3.99. The molecule has 1 aliphatic rings. The number of ether oxygens (including phenoxy) is 3. The van der Waals surface area contributed by atoms with Crippen LogP contribution in [0.15, 0.2) is 18.2 Å². The summed E-state index contributed by atoms with van der Waals surface area (Å²) in [7, 11) is 1.66. The lowest BCUT2D eigenvalue weighted by atomic mass is 10.1. The molecule has 0 unspecified atom stereocenters. The molecular weight excluding hydrogens is 206 g/mol. The van der Waals surface area contributed by atoms with E-state index in [-0.39, 0.29) is 12.3 Å². The van der Waals surface area contributed by atoms with Crippen LogP contribution in [0.5, 0.6) is 5.75 Å². The molecule has 16 heavy (non-hydrogen) atoms. The van der Waals surface area contributed by atoms with Crippen molar-refractivity contribution in [2.24, 2.45) is 5.73 Å². The fraction of sp³-hybridized carbons (Fsp3) is 0.500. The highest BCUT2D eigenvalue weighted by atomic mass is 16.7. The lowest BCUT2D eigenvalue weighted by Crippen LogP contribution is -2.37. The number of rotatable bonds is 2. The zero-order valence-electron chi connectivity index (χ0n) is 9.60. The summed E-state index contributed by atoms with van der Waals surface area (Å²) in [6, 6.07) is 5.87. The zero-order chi connectivity index (χ0) is 11.5. The summed E-state index contributed by atoms with van der Waals surface area (Å²) in [5.41, 5.74) is 7.76. The lowest BCUT2D eigenvalue weighted by molar-refractivity contribution is -0.189. The van der Waals surface area contributed by atoms with Crippen LogP contribution in [0, 0.1) is 6.92 Å². The largest absolute Gasteiger partial charge is 0.496 e. The molecule has 1 fully saturated rings. The Morgan fingerprint density at radius 1 is 1.31 bits per heavy atom. The fourth-order valence-corrected chi connectivity index (χ4v) is 1.76. The average molecular weight is 223 g/mol. The molecule has 4 heteroatoms. The van der Waals surface area contributed by atoms with Crippen molar-refractivity contribution in [3.63, 3.8) is 0 Å². The Morgan fingerprint density at radius 3 is 2.56 bits per heavy atom. The molecule has 1 heterocycles. The first kappa shape index (κ1) is 11.4. The quantitative estimate of drug-likeness (QED) is 0.823. The third-order valence-corrected chi connectivity index (χ3v) is 2.61. The second kappa shape index (κ2) is 4.82. The molecule has 1 aliphatic heterocycles. The average Bonchev–Trinajstić information content (AvgIpc) is 2.30. The van der Waals surface area contributed by atoms with Crippen molar-refractivity contribution in [3.8, 4) is 5.75 Å². The van der Waals surface area contributed by atoms with E-state index >= 15 is 0 Å². The first-order valence-corrected chi connectivity index (χ1v) is 5.34.